The molecule has 2 atom stereocenters. The van der Waals surface area contributed by atoms with Crippen molar-refractivity contribution in [2.45, 2.75) is 38.1 Å². The van der Waals surface area contributed by atoms with Crippen molar-refractivity contribution >= 4 is 22.8 Å². The van der Waals surface area contributed by atoms with Gasteiger partial charge in [0, 0.05) is 35.7 Å². The Bertz CT molecular complexity index is 804. The highest BCUT2D eigenvalue weighted by atomic mass is 14.9. The van der Waals surface area contributed by atoms with Crippen LogP contribution in [0.25, 0.3) is 16.6 Å². The van der Waals surface area contributed by atoms with Gasteiger partial charge in [0.1, 0.15) is 12.0 Å². The van der Waals surface area contributed by atoms with Gasteiger partial charge in [0.15, 0.2) is 0 Å². The molecular formula is C18H19N5. The average molecular weight is 305 g/mol. The second-order valence-corrected chi connectivity index (χ2v) is 6.42. The first-order valence-electron chi connectivity index (χ1n) is 8.27. The fraction of sp³-hybridized carbons (Fsp3) is 0.444. The van der Waals surface area contributed by atoms with Crippen LogP contribution in [0.5, 0.6) is 0 Å². The molecule has 1 aliphatic carbocycles. The molecule has 1 N–H and O–H groups in total. The molecule has 0 spiro atoms. The van der Waals surface area contributed by atoms with Gasteiger partial charge >= 0.3 is 0 Å². The minimum absolute atomic E-state index is 0.108. The number of aliphatic imine (C=N–C) groups is 1. The van der Waals surface area contributed by atoms with Gasteiger partial charge in [-0.1, -0.05) is 25.7 Å². The molecule has 1 fully saturated rings. The van der Waals surface area contributed by atoms with Crippen molar-refractivity contribution < 1.29 is 0 Å². The van der Waals surface area contributed by atoms with E-state index in [1.165, 1.54) is 25.7 Å². The summed E-state index contributed by atoms with van der Waals surface area (Å²) in [6.45, 7) is 0. The summed E-state index contributed by atoms with van der Waals surface area (Å²) in [6, 6.07) is 4.47. The Morgan fingerprint density at radius 3 is 3.00 bits per heavy atom. The largest absolute Gasteiger partial charge is 0.346 e. The number of aromatic amines is 1. The molecule has 2 aromatic rings. The Hall–Kier alpha value is -2.48. The number of nitriles is 1. The lowest BCUT2D eigenvalue weighted by molar-refractivity contribution is 0.320. The average Bonchev–Trinajstić information content (AvgIpc) is 3.32. The number of nitrogens with one attached hydrogen (secondary N) is 1. The van der Waals surface area contributed by atoms with Gasteiger partial charge in [0.25, 0.3) is 0 Å². The van der Waals surface area contributed by atoms with Crippen molar-refractivity contribution in [3.8, 4) is 6.07 Å². The summed E-state index contributed by atoms with van der Waals surface area (Å²) in [5, 5.41) is 10.2. The smallest absolute Gasteiger partial charge is 0.141 e. The highest BCUT2D eigenvalue weighted by molar-refractivity contribution is 6.14. The third-order valence-corrected chi connectivity index (χ3v) is 5.13. The second-order valence-electron chi connectivity index (χ2n) is 6.42. The predicted octanol–water partition coefficient (Wildman–Crippen LogP) is 3.51. The van der Waals surface area contributed by atoms with E-state index in [4.69, 9.17) is 4.99 Å². The maximum Gasteiger partial charge on any atom is 0.141 e. The van der Waals surface area contributed by atoms with E-state index in [2.05, 4.69) is 27.1 Å². The second kappa shape index (κ2) is 5.96. The van der Waals surface area contributed by atoms with Gasteiger partial charge in [-0.05, 0) is 18.1 Å². The summed E-state index contributed by atoms with van der Waals surface area (Å²) in [5.41, 5.74) is 2.81. The highest BCUT2D eigenvalue weighted by Crippen LogP contribution is 2.38. The summed E-state index contributed by atoms with van der Waals surface area (Å²) in [5.74, 6) is 0.963. The minimum atomic E-state index is 0.108. The van der Waals surface area contributed by atoms with E-state index in [0.717, 1.165) is 22.3 Å². The zero-order chi connectivity index (χ0) is 15.6. The first-order valence-corrected chi connectivity index (χ1v) is 8.27. The minimum Gasteiger partial charge on any atom is -0.346 e. The molecule has 4 rings (SSSR count). The number of fused-ring (bicyclic) bond motifs is 1. The Labute approximate surface area is 135 Å². The van der Waals surface area contributed by atoms with Crippen LogP contribution in [0.3, 0.4) is 0 Å². The van der Waals surface area contributed by atoms with Crippen molar-refractivity contribution in [3.63, 3.8) is 0 Å². The van der Waals surface area contributed by atoms with E-state index in [0.29, 0.717) is 18.3 Å². The van der Waals surface area contributed by atoms with Gasteiger partial charge < -0.3 is 4.98 Å². The number of hydrogen-bond acceptors (Lipinski definition) is 4. The van der Waals surface area contributed by atoms with Gasteiger partial charge in [-0.2, -0.15) is 5.26 Å². The van der Waals surface area contributed by atoms with E-state index in [-0.39, 0.29) is 6.04 Å². The monoisotopic (exact) mass is 305 g/mol. The van der Waals surface area contributed by atoms with Gasteiger partial charge in [-0.25, -0.2) is 9.97 Å². The van der Waals surface area contributed by atoms with Crippen LogP contribution in [-0.4, -0.2) is 27.2 Å². The van der Waals surface area contributed by atoms with Crippen LogP contribution >= 0.6 is 0 Å². The predicted molar refractivity (Wildman–Crippen MR) is 89.8 cm³/mol. The molecule has 3 heterocycles. The maximum atomic E-state index is 9.21. The van der Waals surface area contributed by atoms with Crippen molar-refractivity contribution in [2.75, 3.05) is 0 Å². The lowest BCUT2D eigenvalue weighted by Gasteiger charge is -2.23. The van der Waals surface area contributed by atoms with E-state index in [9.17, 15) is 5.26 Å². The zero-order valence-electron chi connectivity index (χ0n) is 12.9. The number of aromatic nitrogens is 3. The SMILES string of the molecule is N#CCC(C1CCCC1)C1C=C(c2ncnc3[nH]ccc23)C=N1. The Morgan fingerprint density at radius 2 is 2.17 bits per heavy atom. The van der Waals surface area contributed by atoms with Gasteiger partial charge in [-0.15, -0.1) is 0 Å². The molecule has 5 heteroatoms. The molecule has 5 nitrogen and oxygen atoms in total. The van der Waals surface area contributed by atoms with Crippen LogP contribution in [0, 0.1) is 23.2 Å². The molecule has 0 bridgehead atoms. The molecule has 2 aliphatic rings. The lowest BCUT2D eigenvalue weighted by atomic mass is 9.82. The van der Waals surface area contributed by atoms with Gasteiger partial charge in [0.2, 0.25) is 0 Å². The van der Waals surface area contributed by atoms with E-state index >= 15 is 0 Å². The van der Waals surface area contributed by atoms with Gasteiger partial charge in [-0.3, -0.25) is 4.99 Å². The summed E-state index contributed by atoms with van der Waals surface area (Å²) >= 11 is 0. The van der Waals surface area contributed by atoms with E-state index < -0.39 is 0 Å². The maximum absolute atomic E-state index is 9.21. The molecule has 23 heavy (non-hydrogen) atoms. The highest BCUT2D eigenvalue weighted by Gasteiger charge is 2.32. The molecule has 116 valence electrons. The third kappa shape index (κ3) is 2.55. The summed E-state index contributed by atoms with van der Waals surface area (Å²) in [4.78, 5) is 16.5. The fourth-order valence-electron chi connectivity index (χ4n) is 3.97. The molecule has 1 aliphatic heterocycles. The molecule has 0 saturated heterocycles. The van der Waals surface area contributed by atoms with Crippen molar-refractivity contribution in [2.24, 2.45) is 16.8 Å². The summed E-state index contributed by atoms with van der Waals surface area (Å²) in [7, 11) is 0. The molecule has 0 amide bonds. The lowest BCUT2D eigenvalue weighted by Crippen LogP contribution is -2.22. The summed E-state index contributed by atoms with van der Waals surface area (Å²) < 4.78 is 0. The molecule has 0 aromatic carbocycles. The van der Waals surface area contributed by atoms with Crippen molar-refractivity contribution in [1.82, 2.24) is 15.0 Å². The Balaban J connectivity index is 1.65. The Kier molecular flexibility index (Phi) is 3.66. The topological polar surface area (TPSA) is 77.7 Å². The number of rotatable bonds is 4. The first kappa shape index (κ1) is 14.1. The molecular weight excluding hydrogens is 286 g/mol. The van der Waals surface area contributed by atoms with E-state index in [1.807, 2.05) is 18.5 Å². The molecule has 2 aromatic heterocycles. The quantitative estimate of drug-likeness (QED) is 0.938. The van der Waals surface area contributed by atoms with Crippen LogP contribution < -0.4 is 0 Å². The van der Waals surface area contributed by atoms with Crippen LogP contribution in [0.1, 0.15) is 37.8 Å². The summed E-state index contributed by atoms with van der Waals surface area (Å²) in [6.07, 6.45) is 13.2. The van der Waals surface area contributed by atoms with Crippen molar-refractivity contribution in [1.29, 1.82) is 5.26 Å². The molecule has 0 radical (unpaired) electrons. The van der Waals surface area contributed by atoms with Crippen LogP contribution in [0.4, 0.5) is 0 Å². The van der Waals surface area contributed by atoms with Crippen LogP contribution in [-0.2, 0) is 0 Å². The van der Waals surface area contributed by atoms with Crippen LogP contribution in [0.15, 0.2) is 29.7 Å². The fourth-order valence-corrected chi connectivity index (χ4v) is 3.97. The number of allylic oxidation sites excluding steroid dienone is 1. The van der Waals surface area contributed by atoms with E-state index in [1.54, 1.807) is 6.33 Å². The van der Waals surface area contributed by atoms with Crippen molar-refractivity contribution in [3.05, 3.63) is 30.4 Å². The third-order valence-electron chi connectivity index (χ3n) is 5.13. The molecule has 1 saturated carbocycles. The standard InChI is InChI=1S/C18H19N5/c19-7-5-14(12-3-1-2-4-12)16-9-13(10-21-16)17-15-6-8-20-18(15)23-11-22-17/h6,8-12,14,16H,1-5H2,(H,20,22,23). The normalized spacial score (nSPS) is 22.4. The number of H-pyrrole nitrogens is 1. The van der Waals surface area contributed by atoms with Crippen LogP contribution in [0.2, 0.25) is 0 Å². The Morgan fingerprint density at radius 1 is 1.30 bits per heavy atom. The number of nitrogens with zero attached hydrogens (tertiary/aromatic N) is 4. The molecule has 2 unspecified atom stereocenters. The number of hydrogen-bond donors (Lipinski definition) is 1. The zero-order valence-corrected chi connectivity index (χ0v) is 12.9. The first-order chi connectivity index (χ1) is 11.4. The van der Waals surface area contributed by atoms with Gasteiger partial charge in [0.05, 0.1) is 17.8 Å².